The molecule has 1 heterocycles. The molecule has 0 bridgehead atoms. The maximum Gasteiger partial charge on any atom is 0.251 e. The Hall–Kier alpha value is -3.54. The van der Waals surface area contributed by atoms with Crippen LogP contribution in [0.2, 0.25) is 0 Å². The maximum absolute atomic E-state index is 12.4. The third kappa shape index (κ3) is 5.50. The molecule has 0 spiro atoms. The molecular weight excluding hydrogens is 376 g/mol. The van der Waals surface area contributed by atoms with E-state index in [1.165, 1.54) is 11.1 Å². The van der Waals surface area contributed by atoms with Gasteiger partial charge in [-0.15, -0.1) is 0 Å². The topological polar surface area (TPSA) is 92.6 Å². The van der Waals surface area contributed by atoms with Gasteiger partial charge in [-0.2, -0.15) is 0 Å². The summed E-state index contributed by atoms with van der Waals surface area (Å²) in [7, 11) is 0. The summed E-state index contributed by atoms with van der Waals surface area (Å²) in [5, 5.41) is 6.11. The van der Waals surface area contributed by atoms with Crippen LogP contribution in [0.1, 0.15) is 46.7 Å². The molecule has 6 heteroatoms. The summed E-state index contributed by atoms with van der Waals surface area (Å²) >= 11 is 0. The van der Waals surface area contributed by atoms with Crippen LogP contribution < -0.4 is 16.4 Å². The van der Waals surface area contributed by atoms with Gasteiger partial charge in [0.25, 0.3) is 5.91 Å². The number of aryl methyl sites for hydroxylation is 2. The molecule has 30 heavy (non-hydrogen) atoms. The van der Waals surface area contributed by atoms with Crippen LogP contribution in [0.5, 0.6) is 0 Å². The Labute approximate surface area is 177 Å². The van der Waals surface area contributed by atoms with E-state index in [0.717, 1.165) is 24.1 Å². The number of nitrogens with zero attached hydrogens (tertiary/aromatic N) is 1. The molecule has 156 valence electrons. The van der Waals surface area contributed by atoms with Crippen LogP contribution in [0.4, 0.5) is 5.69 Å². The quantitative estimate of drug-likeness (QED) is 0.386. The number of aliphatic imine (C=N–C) groups is 1. The van der Waals surface area contributed by atoms with E-state index < -0.39 is 0 Å². The lowest BCUT2D eigenvalue weighted by Crippen LogP contribution is -2.24. The monoisotopic (exact) mass is 404 g/mol. The lowest BCUT2D eigenvalue weighted by atomic mass is 10.0. The number of furan rings is 1. The molecule has 1 aromatic heterocycles. The highest BCUT2D eigenvalue weighted by Crippen LogP contribution is 2.22. The number of amides is 1. The van der Waals surface area contributed by atoms with Crippen LogP contribution in [0.25, 0.3) is 0 Å². The van der Waals surface area contributed by atoms with Gasteiger partial charge in [-0.3, -0.25) is 4.79 Å². The van der Waals surface area contributed by atoms with E-state index >= 15 is 0 Å². The number of para-hydroxylation sites is 1. The van der Waals surface area contributed by atoms with Gasteiger partial charge in [0.15, 0.2) is 5.96 Å². The van der Waals surface area contributed by atoms with Gasteiger partial charge in [0.05, 0.1) is 19.4 Å². The molecule has 0 atom stereocenters. The molecule has 2 aromatic carbocycles. The Kier molecular flexibility index (Phi) is 7.27. The SMILES string of the molecule is CCc1cccc(CC)c1NC(N)=NCc1cccc(C(=O)NCc2ccco2)c1. The molecule has 1 amide bonds. The van der Waals surface area contributed by atoms with Crippen molar-refractivity contribution in [1.82, 2.24) is 5.32 Å². The fraction of sp³-hybridized carbons (Fsp3) is 0.250. The Bertz CT molecular complexity index is 988. The molecule has 3 aromatic rings. The van der Waals surface area contributed by atoms with E-state index in [1.54, 1.807) is 18.4 Å². The molecule has 0 saturated heterocycles. The first kappa shape index (κ1) is 21.2. The third-order valence-electron chi connectivity index (χ3n) is 4.88. The van der Waals surface area contributed by atoms with E-state index in [1.807, 2.05) is 24.3 Å². The number of benzene rings is 2. The first-order chi connectivity index (χ1) is 14.6. The lowest BCUT2D eigenvalue weighted by molar-refractivity contribution is 0.0948. The molecular formula is C24H28N4O2. The number of nitrogens with one attached hydrogen (secondary N) is 2. The average molecular weight is 405 g/mol. The number of carbonyl (C=O) groups is 1. The van der Waals surface area contributed by atoms with Crippen LogP contribution in [-0.4, -0.2) is 11.9 Å². The van der Waals surface area contributed by atoms with Gasteiger partial charge < -0.3 is 20.8 Å². The summed E-state index contributed by atoms with van der Waals surface area (Å²) in [4.78, 5) is 16.9. The number of anilines is 1. The number of guanidine groups is 1. The van der Waals surface area contributed by atoms with Crippen LogP contribution in [0.3, 0.4) is 0 Å². The van der Waals surface area contributed by atoms with Crippen molar-refractivity contribution in [2.75, 3.05) is 5.32 Å². The highest BCUT2D eigenvalue weighted by Gasteiger charge is 2.09. The summed E-state index contributed by atoms with van der Waals surface area (Å²) in [6.45, 7) is 4.97. The van der Waals surface area contributed by atoms with Crippen LogP contribution in [0, 0.1) is 0 Å². The number of hydrogen-bond acceptors (Lipinski definition) is 3. The van der Waals surface area contributed by atoms with Crippen molar-refractivity contribution in [1.29, 1.82) is 0 Å². The summed E-state index contributed by atoms with van der Waals surface area (Å²) in [5.74, 6) is 0.910. The number of carbonyl (C=O) groups excluding carboxylic acids is 1. The fourth-order valence-corrected chi connectivity index (χ4v) is 3.24. The molecule has 0 fully saturated rings. The van der Waals surface area contributed by atoms with Crippen LogP contribution in [-0.2, 0) is 25.9 Å². The lowest BCUT2D eigenvalue weighted by Gasteiger charge is -2.15. The fourth-order valence-electron chi connectivity index (χ4n) is 3.24. The predicted molar refractivity (Wildman–Crippen MR) is 120 cm³/mol. The number of rotatable bonds is 8. The summed E-state index contributed by atoms with van der Waals surface area (Å²) in [5.41, 5.74) is 11.1. The Morgan fingerprint density at radius 1 is 1.03 bits per heavy atom. The van der Waals surface area contributed by atoms with Crippen LogP contribution in [0.15, 0.2) is 70.3 Å². The van der Waals surface area contributed by atoms with Gasteiger partial charge in [0, 0.05) is 11.3 Å². The number of hydrogen-bond donors (Lipinski definition) is 3. The second-order valence-electron chi connectivity index (χ2n) is 6.95. The molecule has 0 radical (unpaired) electrons. The molecule has 0 aliphatic rings. The van der Waals surface area contributed by atoms with E-state index in [-0.39, 0.29) is 5.91 Å². The zero-order valence-electron chi connectivity index (χ0n) is 17.4. The maximum atomic E-state index is 12.4. The summed E-state index contributed by atoms with van der Waals surface area (Å²) in [6, 6.07) is 17.2. The minimum atomic E-state index is -0.159. The second kappa shape index (κ2) is 10.3. The van der Waals surface area contributed by atoms with Gasteiger partial charge in [0.1, 0.15) is 5.76 Å². The van der Waals surface area contributed by atoms with E-state index in [4.69, 9.17) is 10.2 Å². The van der Waals surface area contributed by atoms with Crippen LogP contribution >= 0.6 is 0 Å². The zero-order valence-corrected chi connectivity index (χ0v) is 17.4. The molecule has 0 aliphatic heterocycles. The van der Waals surface area contributed by atoms with Crippen molar-refractivity contribution < 1.29 is 9.21 Å². The molecule has 4 N–H and O–H groups in total. The summed E-state index contributed by atoms with van der Waals surface area (Å²) in [6.07, 6.45) is 3.41. The van der Waals surface area contributed by atoms with Crippen molar-refractivity contribution in [2.24, 2.45) is 10.7 Å². The minimum absolute atomic E-state index is 0.159. The third-order valence-corrected chi connectivity index (χ3v) is 4.88. The highest BCUT2D eigenvalue weighted by atomic mass is 16.3. The molecule has 0 saturated carbocycles. The van der Waals surface area contributed by atoms with Gasteiger partial charge in [-0.25, -0.2) is 4.99 Å². The predicted octanol–water partition coefficient (Wildman–Crippen LogP) is 4.26. The second-order valence-corrected chi connectivity index (χ2v) is 6.95. The molecule has 0 aliphatic carbocycles. The zero-order chi connectivity index (χ0) is 21.3. The Morgan fingerprint density at radius 3 is 2.43 bits per heavy atom. The smallest absolute Gasteiger partial charge is 0.251 e. The van der Waals surface area contributed by atoms with E-state index in [0.29, 0.717) is 30.4 Å². The van der Waals surface area contributed by atoms with Gasteiger partial charge in [-0.1, -0.05) is 44.2 Å². The van der Waals surface area contributed by atoms with E-state index in [2.05, 4.69) is 47.7 Å². The van der Waals surface area contributed by atoms with Crippen molar-refractivity contribution in [2.45, 2.75) is 39.8 Å². The van der Waals surface area contributed by atoms with Crippen molar-refractivity contribution in [3.8, 4) is 0 Å². The Balaban J connectivity index is 1.64. The standard InChI is InChI=1S/C24H28N4O2/c1-3-18-9-6-10-19(4-2)22(18)28-24(25)27-15-17-8-5-11-20(14-17)23(29)26-16-21-12-7-13-30-21/h5-14H,3-4,15-16H2,1-2H3,(H,26,29)(H3,25,27,28). The average Bonchev–Trinajstić information content (AvgIpc) is 3.30. The van der Waals surface area contributed by atoms with Crippen molar-refractivity contribution in [3.63, 3.8) is 0 Å². The van der Waals surface area contributed by atoms with Crippen molar-refractivity contribution >= 4 is 17.6 Å². The normalized spacial score (nSPS) is 11.3. The first-order valence-electron chi connectivity index (χ1n) is 10.2. The summed E-state index contributed by atoms with van der Waals surface area (Å²) < 4.78 is 5.24. The molecule has 3 rings (SSSR count). The highest BCUT2D eigenvalue weighted by molar-refractivity contribution is 5.95. The van der Waals surface area contributed by atoms with Gasteiger partial charge in [-0.05, 0) is 53.8 Å². The molecule has 6 nitrogen and oxygen atoms in total. The van der Waals surface area contributed by atoms with Crippen molar-refractivity contribution in [3.05, 3.63) is 88.9 Å². The first-order valence-corrected chi connectivity index (χ1v) is 10.2. The van der Waals surface area contributed by atoms with Gasteiger partial charge in [0.2, 0.25) is 0 Å². The Morgan fingerprint density at radius 2 is 1.77 bits per heavy atom. The number of nitrogens with two attached hydrogens (primary N) is 1. The minimum Gasteiger partial charge on any atom is -0.467 e. The molecule has 0 unspecified atom stereocenters. The van der Waals surface area contributed by atoms with E-state index in [9.17, 15) is 4.79 Å². The van der Waals surface area contributed by atoms with Gasteiger partial charge >= 0.3 is 0 Å². The largest absolute Gasteiger partial charge is 0.467 e.